The number of carbonyl (C=O) groups is 3. The molecule has 0 aromatic heterocycles. The lowest BCUT2D eigenvalue weighted by Crippen LogP contribution is -2.19. The highest BCUT2D eigenvalue weighted by molar-refractivity contribution is 5.76. The maximum Gasteiger partial charge on any atom is 0.310 e. The van der Waals surface area contributed by atoms with E-state index in [4.69, 9.17) is 14.2 Å². The van der Waals surface area contributed by atoms with Crippen LogP contribution in [0, 0.1) is 16.2 Å². The summed E-state index contributed by atoms with van der Waals surface area (Å²) in [6, 6.07) is 5.39. The Labute approximate surface area is 655 Å². The van der Waals surface area contributed by atoms with Gasteiger partial charge in [-0.3, -0.25) is 14.4 Å². The molecule has 0 unspecified atom stereocenters. The van der Waals surface area contributed by atoms with E-state index in [0.717, 1.165) is 50.2 Å². The molecule has 0 saturated carbocycles. The molecule has 0 bridgehead atoms. The number of esters is 3. The lowest BCUT2D eigenvalue weighted by molar-refractivity contribution is -0.142. The predicted octanol–water partition coefficient (Wildman–Crippen LogP) is 27.6. The van der Waals surface area contributed by atoms with Gasteiger partial charge in [0.25, 0.3) is 0 Å². The number of rotatable bonds is 36. The van der Waals surface area contributed by atoms with E-state index in [9.17, 15) is 14.4 Å². The molecule has 0 aliphatic heterocycles. The Kier molecular flexibility index (Phi) is 40.5. The molecule has 1 aromatic rings. The Morgan fingerprint density at radius 1 is 0.296 bits per heavy atom. The zero-order valence-electron chi connectivity index (χ0n) is 70.1. The molecular weight excluding hydrogens is 1320 g/mol. The third-order valence-corrected chi connectivity index (χ3v) is 19.6. The van der Waals surface area contributed by atoms with Crippen molar-refractivity contribution >= 4 is 17.9 Å². The van der Waals surface area contributed by atoms with Gasteiger partial charge >= 0.3 is 17.9 Å². The Morgan fingerprint density at radius 2 is 0.491 bits per heavy atom. The zero-order valence-corrected chi connectivity index (χ0v) is 70.1. The van der Waals surface area contributed by atoms with Crippen LogP contribution in [0.4, 0.5) is 0 Å². The number of hydrogen-bond donors (Lipinski definition) is 0. The van der Waals surface area contributed by atoms with Crippen molar-refractivity contribution in [3.8, 4) is 0 Å². The Balaban J connectivity index is 1.36. The molecule has 3 aliphatic carbocycles. The van der Waals surface area contributed by atoms with Crippen LogP contribution in [0.25, 0.3) is 0 Å². The largest absolute Gasteiger partial charge is 0.461 e. The van der Waals surface area contributed by atoms with Crippen molar-refractivity contribution in [2.24, 2.45) is 16.2 Å². The summed E-state index contributed by atoms with van der Waals surface area (Å²) in [5, 5.41) is 0. The minimum atomic E-state index is -0.437. The van der Waals surface area contributed by atoms with Gasteiger partial charge in [-0.15, -0.1) is 0 Å². The fourth-order valence-electron chi connectivity index (χ4n) is 13.1. The van der Waals surface area contributed by atoms with Crippen molar-refractivity contribution in [2.45, 2.75) is 222 Å². The molecule has 6 heteroatoms. The van der Waals surface area contributed by atoms with Gasteiger partial charge in [-0.05, 0) is 228 Å². The van der Waals surface area contributed by atoms with E-state index in [2.05, 4.69) is 213 Å². The second kappa shape index (κ2) is 48.1. The number of benzene rings is 1. The van der Waals surface area contributed by atoms with Gasteiger partial charge in [0, 0.05) is 0 Å². The van der Waals surface area contributed by atoms with E-state index in [1.807, 2.05) is 151 Å². The van der Waals surface area contributed by atoms with E-state index in [1.54, 1.807) is 18.2 Å². The van der Waals surface area contributed by atoms with Gasteiger partial charge in [0.05, 0.1) is 19.3 Å². The summed E-state index contributed by atoms with van der Waals surface area (Å²) in [7, 11) is 0. The van der Waals surface area contributed by atoms with Crippen LogP contribution < -0.4 is 0 Å². The minimum absolute atomic E-state index is 0.0609. The smallest absolute Gasteiger partial charge is 0.310 e. The van der Waals surface area contributed by atoms with Crippen molar-refractivity contribution in [1.29, 1.82) is 0 Å². The third kappa shape index (κ3) is 37.9. The molecule has 0 saturated heterocycles. The molecular formula is C102H132O6. The van der Waals surface area contributed by atoms with Gasteiger partial charge in [0.15, 0.2) is 0 Å². The summed E-state index contributed by atoms with van der Waals surface area (Å²) in [5.41, 5.74) is 24.4. The lowest BCUT2D eigenvalue weighted by Gasteiger charge is -2.33. The molecule has 0 atom stereocenters. The number of carbonyl (C=O) groups excluding carboxylic acids is 3. The molecule has 0 heterocycles. The Morgan fingerprint density at radius 3 is 0.704 bits per heavy atom. The van der Waals surface area contributed by atoms with E-state index in [0.29, 0.717) is 16.7 Å². The first-order valence-corrected chi connectivity index (χ1v) is 39.1. The van der Waals surface area contributed by atoms with Crippen molar-refractivity contribution in [2.75, 3.05) is 19.8 Å². The Hall–Kier alpha value is -9.39. The summed E-state index contributed by atoms with van der Waals surface area (Å²) in [6.45, 7) is 45.8. The van der Waals surface area contributed by atoms with Crippen LogP contribution in [0.1, 0.15) is 220 Å². The van der Waals surface area contributed by atoms with Gasteiger partial charge in [-0.2, -0.15) is 0 Å². The fraction of sp³-hybridized carbons (Fsp3) is 0.382. The van der Waals surface area contributed by atoms with Crippen LogP contribution in [-0.2, 0) is 47.9 Å². The second-order valence-electron chi connectivity index (χ2n) is 32.0. The van der Waals surface area contributed by atoms with E-state index >= 15 is 0 Å². The monoisotopic (exact) mass is 1450 g/mol. The van der Waals surface area contributed by atoms with Gasteiger partial charge in [0.1, 0.15) is 19.8 Å². The van der Waals surface area contributed by atoms with Crippen LogP contribution in [0.2, 0.25) is 0 Å². The standard InChI is InChI=1S/C102H132O6/c1-76(43-28-49-82(7)58-61-94-88(13)55-34-64-100(94,16)17)37-22-25-40-79(4)46-31-52-85(10)73-106-97(103)70-91-67-92(71-98(104)107-74-86(11)53-32-47-80(5)41-26-23-38-77(2)44-29-50-83(8)59-62-95-89(14)56-35-65-101(95,18)19)69-93(68-91)72-99(105)108-75-87(12)54-33-48-81(6)42-27-24-39-78(3)45-30-51-84(9)60-63-96-90(15)57-36-66-102(96,20)21/h22-33,37-54,58-63,67-69H,34-36,55-57,64-66,70-75H2,1-21H3/b25-22+,26-23+,27-24+,43-28+,44-29+,45-30+,46-31+,47-32+,48-33+,61-58+,62-59+,63-60+,76-37+,77-38+,78-39+,79-40+,80-41+,81-42+,82-49+,83-50+,84-51+,85-52+,86-53+,87-54+. The summed E-state index contributed by atoms with van der Waals surface area (Å²) in [4.78, 5) is 40.3. The van der Waals surface area contributed by atoms with Crippen LogP contribution in [0.15, 0.2) is 337 Å². The molecule has 1 aromatic carbocycles. The molecule has 108 heavy (non-hydrogen) atoms. The van der Waals surface area contributed by atoms with E-state index < -0.39 is 17.9 Å². The molecule has 0 amide bonds. The molecule has 0 N–H and O–H groups in total. The molecule has 0 spiro atoms. The molecule has 576 valence electrons. The topological polar surface area (TPSA) is 78.9 Å². The van der Waals surface area contributed by atoms with E-state index in [-0.39, 0.29) is 55.3 Å². The summed E-state index contributed by atoms with van der Waals surface area (Å²) >= 11 is 0. The molecule has 0 fully saturated rings. The highest BCUT2D eigenvalue weighted by Gasteiger charge is 2.29. The quantitative estimate of drug-likeness (QED) is 0.0378. The zero-order chi connectivity index (χ0) is 79.7. The summed E-state index contributed by atoms with van der Waals surface area (Å²) in [6.07, 6.45) is 85.9. The molecule has 4 rings (SSSR count). The summed E-state index contributed by atoms with van der Waals surface area (Å²) in [5.74, 6) is -1.31. The van der Waals surface area contributed by atoms with Crippen molar-refractivity contribution < 1.29 is 28.6 Å². The van der Waals surface area contributed by atoms with Crippen LogP contribution in [0.5, 0.6) is 0 Å². The first-order chi connectivity index (χ1) is 51.2. The Bertz CT molecular complexity index is 3730. The van der Waals surface area contributed by atoms with Gasteiger partial charge < -0.3 is 14.2 Å². The normalized spacial score (nSPS) is 18.8. The van der Waals surface area contributed by atoms with Crippen LogP contribution in [0.3, 0.4) is 0 Å². The predicted molar refractivity (Wildman–Crippen MR) is 466 cm³/mol. The number of hydrogen-bond acceptors (Lipinski definition) is 6. The SMILES string of the molecule is CC1=C(/C=C/C(C)=C/C=C/C(C)=C/C=C/C=C(C)/C=C/C=C(\C)COC(=O)Cc2cc(CC(=O)OC/C(C)=C/C=C/C(C)=C/C=C/C=C(C)/C=C/C=C(C)/C=C/C3=C(C)CCCC3(C)C)cc(CC(=O)OC/C(C)=C/C=C/C(C)=C/C=C/C=C(C)/C=C/C=C(C)/C=C/C3=C(C)CCCC3(C)C)c2)C(C)(C)CCC1. The number of ether oxygens (including phenoxy) is 3. The van der Waals surface area contributed by atoms with Crippen molar-refractivity contribution in [1.82, 2.24) is 0 Å². The lowest BCUT2D eigenvalue weighted by atomic mass is 9.72. The van der Waals surface area contributed by atoms with Gasteiger partial charge in [0.2, 0.25) is 0 Å². The van der Waals surface area contributed by atoms with Crippen LogP contribution >= 0.6 is 0 Å². The summed E-state index contributed by atoms with van der Waals surface area (Å²) < 4.78 is 17.2. The molecule has 6 nitrogen and oxygen atoms in total. The third-order valence-electron chi connectivity index (χ3n) is 19.6. The average molecular weight is 1450 g/mol. The average Bonchev–Trinajstić information content (AvgIpc) is 0.830. The van der Waals surface area contributed by atoms with E-state index in [1.165, 1.54) is 108 Å². The van der Waals surface area contributed by atoms with Crippen LogP contribution in [-0.4, -0.2) is 37.7 Å². The fourth-order valence-corrected chi connectivity index (χ4v) is 13.1. The maximum absolute atomic E-state index is 13.4. The molecule has 3 aliphatic rings. The second-order valence-corrected chi connectivity index (χ2v) is 32.0. The highest BCUT2D eigenvalue weighted by Crippen LogP contribution is 2.43. The first kappa shape index (κ1) is 91.0. The maximum atomic E-state index is 13.4. The minimum Gasteiger partial charge on any atom is -0.461 e. The highest BCUT2D eigenvalue weighted by atomic mass is 16.5. The van der Waals surface area contributed by atoms with Crippen molar-refractivity contribution in [3.63, 3.8) is 0 Å². The van der Waals surface area contributed by atoms with Gasteiger partial charge in [-0.25, -0.2) is 0 Å². The molecule has 0 radical (unpaired) electrons. The van der Waals surface area contributed by atoms with Gasteiger partial charge in [-0.1, -0.05) is 345 Å². The van der Waals surface area contributed by atoms with Crippen molar-refractivity contribution in [3.05, 3.63) is 354 Å². The number of allylic oxidation sites excluding steroid dienone is 51. The first-order valence-electron chi connectivity index (χ1n) is 39.1.